The number of phenols is 1. The molecule has 6 heterocycles. The van der Waals surface area contributed by atoms with Gasteiger partial charge in [0.15, 0.2) is 0 Å². The number of carboxylic acid groups (broad SMARTS) is 1. The summed E-state index contributed by atoms with van der Waals surface area (Å²) in [6.45, 7) is 7.70. The summed E-state index contributed by atoms with van der Waals surface area (Å²) in [6.07, 6.45) is 2.15. The Hall–Kier alpha value is -12.6. The van der Waals surface area contributed by atoms with Gasteiger partial charge in [0.05, 0.1) is 19.1 Å². The molecule has 0 unspecified atom stereocenters. The third-order valence-corrected chi connectivity index (χ3v) is 24.6. The van der Waals surface area contributed by atoms with E-state index < -0.39 is 230 Å². The van der Waals surface area contributed by atoms with Crippen molar-refractivity contribution in [3.8, 4) is 5.75 Å². The van der Waals surface area contributed by atoms with E-state index in [1.807, 2.05) is 13.8 Å². The average molecular weight is 1840 g/mol. The fourth-order valence-corrected chi connectivity index (χ4v) is 17.6. The predicted octanol–water partition coefficient (Wildman–Crippen LogP) is -1.96. The Balaban J connectivity index is 1.09. The van der Waals surface area contributed by atoms with Crippen molar-refractivity contribution in [2.24, 2.45) is 34.8 Å². The molecule has 5 aromatic rings. The first-order valence-corrected chi connectivity index (χ1v) is 45.5. The summed E-state index contributed by atoms with van der Waals surface area (Å²) in [5.41, 5.74) is 26.6. The van der Waals surface area contributed by atoms with E-state index in [9.17, 15) is 58.5 Å². The number of carbonyl (C=O) groups is 17. The number of hydrogen-bond acceptors (Lipinski definition) is 22. The number of primary amides is 2. The summed E-state index contributed by atoms with van der Waals surface area (Å²) in [5, 5.41) is 60.1. The van der Waals surface area contributed by atoms with Crippen LogP contribution in [0.3, 0.4) is 0 Å². The van der Waals surface area contributed by atoms with Crippen LogP contribution >= 0.6 is 0 Å². The van der Waals surface area contributed by atoms with E-state index in [4.69, 9.17) is 22.9 Å². The predicted molar refractivity (Wildman–Crippen MR) is 484 cm³/mol. The van der Waals surface area contributed by atoms with Crippen LogP contribution in [0.15, 0.2) is 85.2 Å². The molecule has 15 atom stereocenters. The molecule has 0 spiro atoms. The first-order valence-electron chi connectivity index (χ1n) is 45.5. The van der Waals surface area contributed by atoms with Crippen molar-refractivity contribution in [3.05, 3.63) is 102 Å². The molecule has 2 aromatic heterocycles. The van der Waals surface area contributed by atoms with Crippen LogP contribution in [0.25, 0.3) is 21.8 Å². The summed E-state index contributed by atoms with van der Waals surface area (Å²) < 4.78 is 1.45. The highest BCUT2D eigenvalue weighted by atomic mass is 16.4. The number of aliphatic hydroxyl groups excluding tert-OH is 1. The second kappa shape index (κ2) is 48.5. The number of H-pyrrole nitrogens is 1. The van der Waals surface area contributed by atoms with Gasteiger partial charge in [0.25, 0.3) is 0 Å². The lowest BCUT2D eigenvalue weighted by molar-refractivity contribution is -0.149. The van der Waals surface area contributed by atoms with Gasteiger partial charge >= 0.3 is 5.97 Å². The molecule has 4 aliphatic rings. The van der Waals surface area contributed by atoms with Crippen molar-refractivity contribution < 1.29 is 96.8 Å². The molecule has 22 N–H and O–H groups in total. The quantitative estimate of drug-likeness (QED) is 0.0319. The molecule has 4 aliphatic heterocycles. The van der Waals surface area contributed by atoms with Crippen LogP contribution < -0.4 is 76.1 Å². The van der Waals surface area contributed by atoms with Crippen molar-refractivity contribution in [1.82, 2.24) is 87.2 Å². The number of carbonyl (C=O) groups excluding carboxylic acids is 16. The van der Waals surface area contributed by atoms with Crippen LogP contribution in [-0.2, 0) is 107 Å². The van der Waals surface area contributed by atoms with E-state index in [0.29, 0.717) is 77.0 Å². The van der Waals surface area contributed by atoms with E-state index in [-0.39, 0.29) is 114 Å². The standard InChI is InChI=1S/C91H131N21O20/c1-9-11-23-70-83(124)100-61(36-50(3)4)80(121)106-68(78(95)119)45-96-46-76(116)98-64(38-52-28-30-55(113)31-29-52)88(129)110-34-18-17-26-71(110)84(125)104-66(42-75(94)115)89(130)111-35-19-27-72(111)85(126)105-67(43-93)82(123)102-63(37-51(5)6)90(131)112-48-56(114)41-74(112)86(127)101-62(39-53-44-97-59-22-15-13-20-57(53)59)81(122)99-60(32-33-92)79(120)103-65(87(128)108(8)73(24-12-10-2)91(132)107(70)7)40-54-47-109(49-77(117)118)69-25-16-14-21-58(54)69/h13-16,20-22,25,28-31,44,47,50-51,56,60-68,70-74,96-97,113-114H,9-12,17-19,23-24,26-27,32-43,45-46,48-49,92-93H2,1-8H3,(H2,94,115)(H2,95,119)(H,98,116)(H,99,122)(H,100,124)(H,101,127)(H,102,123)(H,103,120)(H,104,125)(H,105,126)(H,106,121)(H,117,118)/t56-,60+,61+,62+,63+,64+,65+,66+,67+,68+,70+,71+,72+,73+,74+/m1/s1. The molecule has 41 heteroatoms. The van der Waals surface area contributed by atoms with Crippen LogP contribution in [0.5, 0.6) is 5.75 Å². The smallest absolute Gasteiger partial charge is 0.323 e. The molecule has 0 aliphatic carbocycles. The molecule has 132 heavy (non-hydrogen) atoms. The molecule has 41 nitrogen and oxygen atoms in total. The fraction of sp³-hybridized carbons (Fsp3) is 0.571. The number of nitrogens with two attached hydrogens (primary N) is 4. The Morgan fingerprint density at radius 2 is 1.03 bits per heavy atom. The number of phenolic OH excluding ortho intramolecular Hbond substituents is 1. The number of unbranched alkanes of at least 4 members (excludes halogenated alkanes) is 2. The number of aliphatic carboxylic acids is 1. The summed E-state index contributed by atoms with van der Waals surface area (Å²) in [4.78, 5) is 259. The maximum absolute atomic E-state index is 15.9. The van der Waals surface area contributed by atoms with Crippen LogP contribution in [0, 0.1) is 11.8 Å². The number of benzene rings is 3. The first kappa shape index (κ1) is 103. The Bertz CT molecular complexity index is 4960. The van der Waals surface area contributed by atoms with Gasteiger partial charge in [0.2, 0.25) is 94.5 Å². The minimum Gasteiger partial charge on any atom is -0.508 e. The van der Waals surface area contributed by atoms with Crippen LogP contribution in [-0.4, -0.2) is 300 Å². The number of amides is 16. The van der Waals surface area contributed by atoms with Gasteiger partial charge in [0.1, 0.15) is 96.9 Å². The van der Waals surface area contributed by atoms with Gasteiger partial charge in [-0.25, -0.2) is 0 Å². The van der Waals surface area contributed by atoms with E-state index >= 15 is 38.4 Å². The maximum Gasteiger partial charge on any atom is 0.323 e. The number of para-hydroxylation sites is 2. The molecule has 720 valence electrons. The van der Waals surface area contributed by atoms with Crippen molar-refractivity contribution in [1.29, 1.82) is 0 Å². The molecule has 0 saturated carbocycles. The topological polar surface area (TPSA) is 612 Å². The molecular formula is C91H131N21O20. The first-order chi connectivity index (χ1) is 62.8. The van der Waals surface area contributed by atoms with E-state index in [1.54, 1.807) is 82.4 Å². The SMILES string of the molecule is CCCC[C@H]1C(=O)N(C)[C@@H](CCCC)C(=O)N[C@@H](CC(C)C)C(=O)N[C@H](C(N)=O)CNCC(=O)N[C@@H](Cc2ccc(O)cc2)C(=O)N2CCCC[C@H]2C(=O)N[C@@H](CC(N)=O)C(=O)N2CCC[C@H]2C(=O)N[C@@H](CN)C(=O)N[C@@H](CC(C)C)C(=O)N2C[C@H](O)C[C@H]2C(=O)N[C@@H](Cc2c[nH]c3ccccc23)C(=O)N[C@@H](CCN)C(=O)N[C@@H](Cc2cn(CC(=O)O)c3ccccc23)C(=O)N1C. The zero-order valence-corrected chi connectivity index (χ0v) is 76.3. The molecule has 4 fully saturated rings. The summed E-state index contributed by atoms with van der Waals surface area (Å²) in [6, 6.07) is -1.42. The van der Waals surface area contributed by atoms with Gasteiger partial charge in [-0.1, -0.05) is 116 Å². The van der Waals surface area contributed by atoms with Gasteiger partial charge in [-0.2, -0.15) is 0 Å². The number of piperidine rings is 1. The van der Waals surface area contributed by atoms with Crippen LogP contribution in [0.1, 0.15) is 161 Å². The van der Waals surface area contributed by atoms with Gasteiger partial charge in [-0.15, -0.1) is 0 Å². The third-order valence-electron chi connectivity index (χ3n) is 24.6. The van der Waals surface area contributed by atoms with Crippen LogP contribution in [0.2, 0.25) is 0 Å². The van der Waals surface area contributed by atoms with Crippen LogP contribution in [0.4, 0.5) is 0 Å². The number of fused-ring (bicyclic) bond motifs is 5. The molecule has 0 bridgehead atoms. The minimum atomic E-state index is -1.73. The number of likely N-dealkylation sites (N-methyl/N-ethyl adjacent to an activating group) is 2. The third kappa shape index (κ3) is 27.5. The van der Waals surface area contributed by atoms with Gasteiger partial charge in [-0.3, -0.25) is 81.5 Å². The highest BCUT2D eigenvalue weighted by Gasteiger charge is 2.47. The van der Waals surface area contributed by atoms with E-state index in [0.717, 1.165) is 14.7 Å². The lowest BCUT2D eigenvalue weighted by atomic mass is 9.97. The summed E-state index contributed by atoms with van der Waals surface area (Å²) >= 11 is 0. The molecule has 4 saturated heterocycles. The number of nitrogens with zero attached hydrogens (tertiary/aromatic N) is 6. The number of aromatic nitrogens is 2. The Labute approximate surface area is 765 Å². The highest BCUT2D eigenvalue weighted by Crippen LogP contribution is 2.30. The number of aromatic hydroxyl groups is 1. The number of aromatic amines is 1. The van der Waals surface area contributed by atoms with Gasteiger partial charge in [0, 0.05) is 107 Å². The normalized spacial score (nSPS) is 25.7. The average Bonchev–Trinajstić information content (AvgIpc) is 1.63. The Morgan fingerprint density at radius 1 is 0.508 bits per heavy atom. The van der Waals surface area contributed by atoms with Gasteiger partial charge < -0.3 is 125 Å². The molecule has 3 aromatic carbocycles. The number of aliphatic hydroxyl groups is 1. The molecule has 9 rings (SSSR count). The van der Waals surface area contributed by atoms with Crippen molar-refractivity contribution in [2.75, 3.05) is 59.9 Å². The molecule has 16 amide bonds. The number of nitrogens with one attached hydrogen (secondary N) is 11. The van der Waals surface area contributed by atoms with Crippen molar-refractivity contribution in [3.63, 3.8) is 0 Å². The maximum atomic E-state index is 15.9. The fourth-order valence-electron chi connectivity index (χ4n) is 17.6. The number of carboxylic acids is 1. The number of hydrogen-bond donors (Lipinski definition) is 18. The van der Waals surface area contributed by atoms with Gasteiger partial charge in [-0.05, 0) is 124 Å². The molecule has 0 radical (unpaired) electrons. The monoisotopic (exact) mass is 1840 g/mol. The lowest BCUT2D eigenvalue weighted by Gasteiger charge is -2.38. The largest absolute Gasteiger partial charge is 0.508 e. The summed E-state index contributed by atoms with van der Waals surface area (Å²) in [5.74, 6) is -16.4. The highest BCUT2D eigenvalue weighted by molar-refractivity contribution is 6.02. The zero-order chi connectivity index (χ0) is 96.5. The number of rotatable bonds is 24. The second-order valence-corrected chi connectivity index (χ2v) is 35.6. The zero-order valence-electron chi connectivity index (χ0n) is 76.3. The van der Waals surface area contributed by atoms with Crippen molar-refractivity contribution in [2.45, 2.75) is 261 Å². The van der Waals surface area contributed by atoms with E-state index in [1.165, 1.54) is 58.9 Å². The Morgan fingerprint density at radius 3 is 1.67 bits per heavy atom. The summed E-state index contributed by atoms with van der Waals surface area (Å²) in [7, 11) is 2.73. The molecular weight excluding hydrogens is 1710 g/mol. The Kier molecular flexibility index (Phi) is 37.9. The second-order valence-electron chi connectivity index (χ2n) is 35.6. The minimum absolute atomic E-state index is 0.00153. The van der Waals surface area contributed by atoms with E-state index in [2.05, 4.69) is 58.2 Å². The van der Waals surface area contributed by atoms with Crippen molar-refractivity contribution >= 4 is 122 Å². The lowest BCUT2D eigenvalue weighted by Crippen LogP contribution is -2.62.